The highest BCUT2D eigenvalue weighted by Gasteiger charge is 2.23. The first-order valence-electron chi connectivity index (χ1n) is 11.0. The number of aryl methyl sites for hydroxylation is 1. The molecule has 0 heterocycles. The van der Waals surface area contributed by atoms with Gasteiger partial charge in [0.15, 0.2) is 0 Å². The van der Waals surface area contributed by atoms with E-state index >= 15 is 0 Å². The highest BCUT2D eigenvalue weighted by Crippen LogP contribution is 2.31. The topological polar surface area (TPSA) is 24.4 Å². The molecule has 2 unspecified atom stereocenters. The smallest absolute Gasteiger partial charge is 0.132 e. The average Bonchev–Trinajstić information content (AvgIpc) is 2.80. The third kappa shape index (κ3) is 5.18. The maximum atomic E-state index is 5.33. The van der Waals surface area contributed by atoms with Crippen LogP contribution in [-0.2, 0) is 0 Å². The molecular weight excluding hydrogens is 383 g/mol. The molecule has 1 aliphatic rings. The molecule has 0 aliphatic heterocycles. The van der Waals surface area contributed by atoms with Crippen molar-refractivity contribution in [2.24, 2.45) is 10.9 Å². The second-order valence-electron chi connectivity index (χ2n) is 8.29. The molecule has 3 heteroatoms. The molecule has 2 atom stereocenters. The van der Waals surface area contributed by atoms with Crippen LogP contribution in [0, 0.1) is 12.8 Å². The van der Waals surface area contributed by atoms with Gasteiger partial charge in [0.1, 0.15) is 5.84 Å². The lowest BCUT2D eigenvalue weighted by atomic mass is 9.86. The summed E-state index contributed by atoms with van der Waals surface area (Å²) in [5, 5.41) is 6.54. The van der Waals surface area contributed by atoms with E-state index in [4.69, 9.17) is 4.99 Å². The fraction of sp³-hybridized carbons (Fsp3) is 0.296. The predicted octanol–water partition coefficient (Wildman–Crippen LogP) is 5.96. The summed E-state index contributed by atoms with van der Waals surface area (Å²) in [5.41, 5.74) is 2.45. The summed E-state index contributed by atoms with van der Waals surface area (Å²) in [6.07, 6.45) is 5.08. The van der Waals surface area contributed by atoms with Crippen LogP contribution >= 0.6 is 8.07 Å². The second kappa shape index (κ2) is 10.0. The Bertz CT molecular complexity index is 912. The third-order valence-electron chi connectivity index (χ3n) is 5.93. The minimum absolute atomic E-state index is 0.394. The zero-order chi connectivity index (χ0) is 20.8. The van der Waals surface area contributed by atoms with Crippen molar-refractivity contribution in [1.82, 2.24) is 5.09 Å². The van der Waals surface area contributed by atoms with Crippen LogP contribution in [0.4, 0.5) is 0 Å². The van der Waals surface area contributed by atoms with Crippen LogP contribution < -0.4 is 15.7 Å². The van der Waals surface area contributed by atoms with E-state index in [0.29, 0.717) is 12.0 Å². The second-order valence-corrected chi connectivity index (χ2v) is 10.2. The van der Waals surface area contributed by atoms with Crippen LogP contribution in [0.2, 0.25) is 0 Å². The van der Waals surface area contributed by atoms with E-state index in [9.17, 15) is 0 Å². The first-order valence-corrected chi connectivity index (χ1v) is 12.4. The summed E-state index contributed by atoms with van der Waals surface area (Å²) >= 11 is 0. The normalized spacial score (nSPS) is 19.6. The Morgan fingerprint density at radius 1 is 0.800 bits per heavy atom. The lowest BCUT2D eigenvalue weighted by Gasteiger charge is -2.28. The van der Waals surface area contributed by atoms with Crippen LogP contribution in [0.1, 0.15) is 43.7 Å². The third-order valence-corrected chi connectivity index (χ3v) is 8.00. The van der Waals surface area contributed by atoms with Gasteiger partial charge in [0, 0.05) is 16.2 Å². The van der Waals surface area contributed by atoms with Gasteiger partial charge in [-0.15, -0.1) is 0 Å². The lowest BCUT2D eigenvalue weighted by Crippen LogP contribution is -2.32. The molecular formula is C27H31N2P. The summed E-state index contributed by atoms with van der Waals surface area (Å²) in [6.45, 7) is 4.50. The van der Waals surface area contributed by atoms with E-state index in [2.05, 4.69) is 104 Å². The van der Waals surface area contributed by atoms with E-state index in [-0.39, 0.29) is 0 Å². The monoisotopic (exact) mass is 414 g/mol. The van der Waals surface area contributed by atoms with Gasteiger partial charge in [-0.2, -0.15) is 0 Å². The van der Waals surface area contributed by atoms with Gasteiger partial charge in [-0.05, 0) is 25.7 Å². The maximum absolute atomic E-state index is 5.33. The fourth-order valence-electron chi connectivity index (χ4n) is 4.07. The molecule has 1 N–H and O–H groups in total. The van der Waals surface area contributed by atoms with Gasteiger partial charge in [0.25, 0.3) is 0 Å². The van der Waals surface area contributed by atoms with Gasteiger partial charge in [-0.3, -0.25) is 4.99 Å². The zero-order valence-electron chi connectivity index (χ0n) is 18.0. The Morgan fingerprint density at radius 2 is 1.37 bits per heavy atom. The van der Waals surface area contributed by atoms with Crippen molar-refractivity contribution in [2.45, 2.75) is 45.6 Å². The Labute approximate surface area is 182 Å². The van der Waals surface area contributed by atoms with Crippen LogP contribution in [0.3, 0.4) is 0 Å². The molecule has 154 valence electrons. The molecule has 1 saturated carbocycles. The Morgan fingerprint density at radius 3 is 1.93 bits per heavy atom. The van der Waals surface area contributed by atoms with E-state index in [1.54, 1.807) is 0 Å². The highest BCUT2D eigenvalue weighted by molar-refractivity contribution is 7.71. The van der Waals surface area contributed by atoms with Crippen LogP contribution in [-0.4, -0.2) is 11.9 Å². The summed E-state index contributed by atoms with van der Waals surface area (Å²) in [4.78, 5) is 5.33. The number of benzene rings is 3. The molecule has 0 spiro atoms. The van der Waals surface area contributed by atoms with E-state index in [1.165, 1.54) is 47.4 Å². The average molecular weight is 415 g/mol. The van der Waals surface area contributed by atoms with E-state index in [1.807, 2.05) is 0 Å². The van der Waals surface area contributed by atoms with Gasteiger partial charge in [-0.1, -0.05) is 110 Å². The molecule has 0 aromatic heterocycles. The number of amidine groups is 1. The molecule has 4 rings (SSSR count). The number of hydrogen-bond donors (Lipinski definition) is 1. The first kappa shape index (κ1) is 20.8. The Kier molecular flexibility index (Phi) is 6.97. The number of hydrogen-bond acceptors (Lipinski definition) is 1. The molecule has 1 aliphatic carbocycles. The van der Waals surface area contributed by atoms with Crippen LogP contribution in [0.25, 0.3) is 0 Å². The van der Waals surface area contributed by atoms with Crippen molar-refractivity contribution in [1.29, 1.82) is 0 Å². The molecule has 0 bridgehead atoms. The predicted molar refractivity (Wildman–Crippen MR) is 131 cm³/mol. The quantitative estimate of drug-likeness (QED) is 0.311. The molecule has 1 fully saturated rings. The van der Waals surface area contributed by atoms with Crippen molar-refractivity contribution in [3.8, 4) is 0 Å². The molecule has 0 radical (unpaired) electrons. The van der Waals surface area contributed by atoms with Crippen molar-refractivity contribution in [3.05, 3.63) is 96.1 Å². The summed E-state index contributed by atoms with van der Waals surface area (Å²) in [6, 6.07) is 30.7. The van der Waals surface area contributed by atoms with Crippen molar-refractivity contribution < 1.29 is 0 Å². The standard InChI is InChI=1S/C27H31N2P/c1-21-17-19-23(20-18-21)27(28-26-16-10-9-11-22(26)2)29-30(24-12-5-3-6-13-24)25-14-7-4-8-15-25/h3-8,12-15,17-20,22,26H,9-11,16H2,1-2H3,(H,28,29). The minimum Gasteiger partial charge on any atom is -0.341 e. The van der Waals surface area contributed by atoms with Crippen LogP contribution in [0.15, 0.2) is 89.9 Å². The van der Waals surface area contributed by atoms with Crippen molar-refractivity contribution in [2.75, 3.05) is 0 Å². The SMILES string of the molecule is Cc1ccc(C(=NC2CCCCC2C)NP(c2ccccc2)c2ccccc2)cc1. The summed E-state index contributed by atoms with van der Waals surface area (Å²) in [7, 11) is -0.743. The van der Waals surface area contributed by atoms with Gasteiger partial charge >= 0.3 is 0 Å². The fourth-order valence-corrected chi connectivity index (χ4v) is 5.97. The molecule has 0 saturated heterocycles. The number of rotatable bonds is 5. The van der Waals surface area contributed by atoms with Gasteiger partial charge in [-0.25, -0.2) is 0 Å². The number of aliphatic imine (C=N–C) groups is 1. The summed E-state index contributed by atoms with van der Waals surface area (Å²) < 4.78 is 0. The highest BCUT2D eigenvalue weighted by atomic mass is 31.1. The first-order chi connectivity index (χ1) is 14.7. The number of nitrogens with one attached hydrogen (secondary N) is 1. The van der Waals surface area contributed by atoms with Gasteiger partial charge < -0.3 is 5.09 Å². The van der Waals surface area contributed by atoms with Gasteiger partial charge in [0.2, 0.25) is 0 Å². The molecule has 30 heavy (non-hydrogen) atoms. The number of nitrogens with zero attached hydrogens (tertiary/aromatic N) is 1. The van der Waals surface area contributed by atoms with Crippen molar-refractivity contribution in [3.63, 3.8) is 0 Å². The Hall–Kier alpha value is -2.44. The maximum Gasteiger partial charge on any atom is 0.132 e. The molecule has 3 aromatic carbocycles. The van der Waals surface area contributed by atoms with Gasteiger partial charge in [0.05, 0.1) is 14.1 Å². The Balaban J connectivity index is 1.74. The van der Waals surface area contributed by atoms with Crippen molar-refractivity contribution >= 4 is 24.5 Å². The zero-order valence-corrected chi connectivity index (χ0v) is 18.9. The van der Waals surface area contributed by atoms with E-state index < -0.39 is 8.07 Å². The minimum atomic E-state index is -0.743. The van der Waals surface area contributed by atoms with E-state index in [0.717, 1.165) is 5.84 Å². The lowest BCUT2D eigenvalue weighted by molar-refractivity contribution is 0.333. The van der Waals surface area contributed by atoms with Crippen LogP contribution in [0.5, 0.6) is 0 Å². The molecule has 0 amide bonds. The largest absolute Gasteiger partial charge is 0.341 e. The summed E-state index contributed by atoms with van der Waals surface area (Å²) in [5.74, 6) is 1.67. The molecule has 2 nitrogen and oxygen atoms in total. The molecule has 3 aromatic rings.